The quantitative estimate of drug-likeness (QED) is 0.882. The summed E-state index contributed by atoms with van der Waals surface area (Å²) in [6.07, 6.45) is 4.84. The van der Waals surface area contributed by atoms with Gasteiger partial charge in [0.15, 0.2) is 5.69 Å². The Morgan fingerprint density at radius 3 is 2.58 bits per heavy atom. The number of nitrogens with one attached hydrogen (secondary N) is 1. The first-order valence-electron chi connectivity index (χ1n) is 8.87. The molecule has 1 fully saturated rings. The van der Waals surface area contributed by atoms with Crippen LogP contribution in [0.5, 0.6) is 5.75 Å². The van der Waals surface area contributed by atoms with Gasteiger partial charge >= 0.3 is 0 Å². The summed E-state index contributed by atoms with van der Waals surface area (Å²) in [6.45, 7) is 0.678. The molecule has 1 saturated carbocycles. The molecule has 0 atom stereocenters. The SMILES string of the molecule is O=C(NCc1ccc(F)cc1)c1nc2n(c(=O)c1O)CCCC21CCC1. The van der Waals surface area contributed by atoms with Gasteiger partial charge in [0, 0.05) is 18.5 Å². The van der Waals surface area contributed by atoms with Crippen LogP contribution >= 0.6 is 0 Å². The number of nitrogens with zero attached hydrogens (tertiary/aromatic N) is 2. The minimum Gasteiger partial charge on any atom is -0.501 e. The van der Waals surface area contributed by atoms with Crippen LogP contribution in [0.4, 0.5) is 4.39 Å². The number of benzene rings is 1. The van der Waals surface area contributed by atoms with E-state index >= 15 is 0 Å². The van der Waals surface area contributed by atoms with Gasteiger partial charge in [-0.2, -0.15) is 0 Å². The maximum Gasteiger partial charge on any atom is 0.296 e. The van der Waals surface area contributed by atoms with Gasteiger partial charge in [-0.15, -0.1) is 0 Å². The third-order valence-corrected chi connectivity index (χ3v) is 5.55. The highest BCUT2D eigenvalue weighted by Crippen LogP contribution is 2.48. The molecule has 0 unspecified atom stereocenters. The van der Waals surface area contributed by atoms with Crippen LogP contribution < -0.4 is 10.9 Å². The molecular formula is C19H20FN3O3. The van der Waals surface area contributed by atoms with Gasteiger partial charge in [-0.3, -0.25) is 14.2 Å². The predicted molar refractivity (Wildman–Crippen MR) is 92.5 cm³/mol. The molecule has 2 N–H and O–H groups in total. The summed E-state index contributed by atoms with van der Waals surface area (Å²) in [5.41, 5.74) is -0.189. The summed E-state index contributed by atoms with van der Waals surface area (Å²) >= 11 is 0. The molecule has 1 amide bonds. The van der Waals surface area contributed by atoms with Crippen LogP contribution in [-0.2, 0) is 18.5 Å². The van der Waals surface area contributed by atoms with Crippen LogP contribution in [0.25, 0.3) is 0 Å². The van der Waals surface area contributed by atoms with Gasteiger partial charge in [-0.05, 0) is 43.4 Å². The van der Waals surface area contributed by atoms with Crippen LogP contribution in [0.15, 0.2) is 29.1 Å². The lowest BCUT2D eigenvalue weighted by Crippen LogP contribution is -2.45. The molecule has 26 heavy (non-hydrogen) atoms. The van der Waals surface area contributed by atoms with Gasteiger partial charge in [0.05, 0.1) is 0 Å². The van der Waals surface area contributed by atoms with Gasteiger partial charge in [0.25, 0.3) is 11.5 Å². The lowest BCUT2D eigenvalue weighted by Gasteiger charge is -2.45. The zero-order valence-corrected chi connectivity index (χ0v) is 14.3. The highest BCUT2D eigenvalue weighted by atomic mass is 19.1. The third kappa shape index (κ3) is 2.67. The van der Waals surface area contributed by atoms with Crippen molar-refractivity contribution in [3.8, 4) is 5.75 Å². The third-order valence-electron chi connectivity index (χ3n) is 5.55. The highest BCUT2D eigenvalue weighted by Gasteiger charge is 2.44. The van der Waals surface area contributed by atoms with Crippen LogP contribution in [0, 0.1) is 5.82 Å². The van der Waals surface area contributed by atoms with Crippen molar-refractivity contribution in [2.24, 2.45) is 0 Å². The molecule has 0 radical (unpaired) electrons. The predicted octanol–water partition coefficient (Wildman–Crippen LogP) is 2.23. The van der Waals surface area contributed by atoms with Crippen LogP contribution in [0.2, 0.25) is 0 Å². The molecule has 1 aromatic carbocycles. The van der Waals surface area contributed by atoms with E-state index in [2.05, 4.69) is 10.3 Å². The van der Waals surface area contributed by atoms with Gasteiger partial charge < -0.3 is 10.4 Å². The number of rotatable bonds is 3. The lowest BCUT2D eigenvalue weighted by molar-refractivity contribution is 0.0938. The van der Waals surface area contributed by atoms with Crippen molar-refractivity contribution in [1.82, 2.24) is 14.9 Å². The topological polar surface area (TPSA) is 84.2 Å². The van der Waals surface area contributed by atoms with E-state index in [1.807, 2.05) is 0 Å². The molecule has 1 spiro atoms. The Hall–Kier alpha value is -2.70. The molecule has 136 valence electrons. The minimum atomic E-state index is -0.610. The molecule has 2 aliphatic rings. The Morgan fingerprint density at radius 2 is 1.92 bits per heavy atom. The minimum absolute atomic E-state index is 0.128. The van der Waals surface area contributed by atoms with E-state index < -0.39 is 17.2 Å². The fourth-order valence-corrected chi connectivity index (χ4v) is 3.95. The van der Waals surface area contributed by atoms with Crippen molar-refractivity contribution in [2.75, 3.05) is 0 Å². The number of amides is 1. The number of aromatic nitrogens is 2. The van der Waals surface area contributed by atoms with E-state index in [1.165, 1.54) is 16.7 Å². The van der Waals surface area contributed by atoms with E-state index in [0.717, 1.165) is 32.1 Å². The van der Waals surface area contributed by atoms with Gasteiger partial charge in [-0.25, -0.2) is 9.37 Å². The zero-order chi connectivity index (χ0) is 18.3. The van der Waals surface area contributed by atoms with E-state index in [4.69, 9.17) is 0 Å². The Bertz CT molecular complexity index is 917. The molecule has 1 aliphatic carbocycles. The van der Waals surface area contributed by atoms with E-state index in [0.29, 0.717) is 17.9 Å². The standard InChI is InChI=1S/C19H20FN3O3/c20-13-5-3-12(4-6-13)11-21-16(25)14-15(24)17(26)23-10-2-9-19(7-1-8-19)18(23)22-14/h3-6,24H,1-2,7-11H2,(H,21,25). The molecule has 0 bridgehead atoms. The van der Waals surface area contributed by atoms with Crippen molar-refractivity contribution in [3.05, 3.63) is 57.5 Å². The zero-order valence-electron chi connectivity index (χ0n) is 14.3. The molecule has 1 aromatic heterocycles. The monoisotopic (exact) mass is 357 g/mol. The highest BCUT2D eigenvalue weighted by molar-refractivity contribution is 5.94. The van der Waals surface area contributed by atoms with Crippen LogP contribution in [0.1, 0.15) is 54.0 Å². The van der Waals surface area contributed by atoms with Crippen molar-refractivity contribution in [3.63, 3.8) is 0 Å². The van der Waals surface area contributed by atoms with E-state index in [-0.39, 0.29) is 23.5 Å². The van der Waals surface area contributed by atoms with E-state index in [1.54, 1.807) is 12.1 Å². The van der Waals surface area contributed by atoms with Crippen molar-refractivity contribution in [2.45, 2.75) is 50.6 Å². The average Bonchev–Trinajstić information content (AvgIpc) is 2.62. The molecule has 0 saturated heterocycles. The molecule has 4 rings (SSSR count). The van der Waals surface area contributed by atoms with Crippen LogP contribution in [-0.4, -0.2) is 20.6 Å². The first-order valence-corrected chi connectivity index (χ1v) is 8.87. The number of hydrogen-bond donors (Lipinski definition) is 2. The maximum atomic E-state index is 13.0. The summed E-state index contributed by atoms with van der Waals surface area (Å²) in [6, 6.07) is 5.74. The molecule has 2 aromatic rings. The molecule has 6 nitrogen and oxygen atoms in total. The second kappa shape index (κ2) is 6.23. The summed E-state index contributed by atoms with van der Waals surface area (Å²) in [4.78, 5) is 29.5. The van der Waals surface area contributed by atoms with Gasteiger partial charge in [-0.1, -0.05) is 18.6 Å². The summed E-state index contributed by atoms with van der Waals surface area (Å²) in [5.74, 6) is -0.938. The number of fused-ring (bicyclic) bond motifs is 2. The first-order chi connectivity index (χ1) is 12.5. The Balaban J connectivity index is 1.63. The second-order valence-electron chi connectivity index (χ2n) is 7.14. The fourth-order valence-electron chi connectivity index (χ4n) is 3.95. The molecular weight excluding hydrogens is 337 g/mol. The number of hydrogen-bond acceptors (Lipinski definition) is 4. The molecule has 7 heteroatoms. The van der Waals surface area contributed by atoms with Gasteiger partial charge in [0.2, 0.25) is 5.75 Å². The van der Waals surface area contributed by atoms with Crippen molar-refractivity contribution < 1.29 is 14.3 Å². The number of halogens is 1. The van der Waals surface area contributed by atoms with Gasteiger partial charge in [0.1, 0.15) is 11.6 Å². The van der Waals surface area contributed by atoms with Crippen molar-refractivity contribution in [1.29, 1.82) is 0 Å². The second-order valence-corrected chi connectivity index (χ2v) is 7.14. The summed E-state index contributed by atoms with van der Waals surface area (Å²) in [5, 5.41) is 12.9. The fraction of sp³-hybridized carbons (Fsp3) is 0.421. The smallest absolute Gasteiger partial charge is 0.296 e. The first kappa shape index (κ1) is 16.8. The largest absolute Gasteiger partial charge is 0.501 e. The average molecular weight is 357 g/mol. The Labute approximate surface area is 149 Å². The Kier molecular flexibility index (Phi) is 4.01. The molecule has 2 heterocycles. The Morgan fingerprint density at radius 1 is 1.23 bits per heavy atom. The number of aromatic hydroxyl groups is 1. The van der Waals surface area contributed by atoms with E-state index in [9.17, 15) is 19.1 Å². The van der Waals surface area contributed by atoms with Crippen LogP contribution in [0.3, 0.4) is 0 Å². The summed E-state index contributed by atoms with van der Waals surface area (Å²) < 4.78 is 14.5. The maximum absolute atomic E-state index is 13.0. The summed E-state index contributed by atoms with van der Waals surface area (Å²) in [7, 11) is 0. The normalized spacial score (nSPS) is 17.4. The van der Waals surface area contributed by atoms with Crippen molar-refractivity contribution >= 4 is 5.91 Å². The number of carbonyl (C=O) groups excluding carboxylic acids is 1. The lowest BCUT2D eigenvalue weighted by atomic mass is 9.64. The number of carbonyl (C=O) groups is 1. The molecule has 1 aliphatic heterocycles.